The monoisotopic (exact) mass is 392 g/mol. The number of methoxy groups -OCH3 is 1. The summed E-state index contributed by atoms with van der Waals surface area (Å²) in [6.45, 7) is 1.83. The van der Waals surface area contributed by atoms with Gasteiger partial charge in [-0.25, -0.2) is 5.01 Å². The number of halogens is 2. The number of ether oxygens (including phenoxy) is 1. The van der Waals surface area contributed by atoms with Gasteiger partial charge < -0.3 is 9.84 Å². The Labute approximate surface area is 159 Å². The van der Waals surface area contributed by atoms with Crippen LogP contribution in [0.5, 0.6) is 11.5 Å². The molecule has 0 aromatic heterocycles. The molecule has 6 nitrogen and oxygen atoms in total. The Hall–Kier alpha value is -2.70. The molecule has 3 rings (SSSR count). The van der Waals surface area contributed by atoms with E-state index in [0.717, 1.165) is 10.6 Å². The second-order valence-corrected chi connectivity index (χ2v) is 6.46. The van der Waals surface area contributed by atoms with Gasteiger partial charge in [-0.2, -0.15) is 0 Å². The quantitative estimate of drug-likeness (QED) is 0.618. The Morgan fingerprint density at radius 3 is 2.58 bits per heavy atom. The number of aromatic hydroxyl groups is 1. The lowest BCUT2D eigenvalue weighted by molar-refractivity contribution is -0.117. The van der Waals surface area contributed by atoms with Crippen LogP contribution in [-0.2, 0) is 9.59 Å². The maximum Gasteiger partial charge on any atom is 0.282 e. The van der Waals surface area contributed by atoms with Gasteiger partial charge in [0.05, 0.1) is 12.8 Å². The number of nitrogens with zero attached hydrogens (tertiary/aromatic N) is 1. The van der Waals surface area contributed by atoms with Crippen LogP contribution >= 0.6 is 23.2 Å². The Bertz CT molecular complexity index is 956. The molecule has 1 aliphatic heterocycles. The van der Waals surface area contributed by atoms with E-state index in [2.05, 4.69) is 5.43 Å². The molecule has 0 bridgehead atoms. The van der Waals surface area contributed by atoms with E-state index in [4.69, 9.17) is 27.9 Å². The van der Waals surface area contributed by atoms with Crippen molar-refractivity contribution in [2.45, 2.75) is 6.92 Å². The van der Waals surface area contributed by atoms with E-state index in [1.165, 1.54) is 25.3 Å². The van der Waals surface area contributed by atoms with Crippen molar-refractivity contribution in [1.82, 2.24) is 5.43 Å². The summed E-state index contributed by atoms with van der Waals surface area (Å²) < 4.78 is 5.03. The SMILES string of the molecule is COc1cc(Cl)cc(C=C2C(=O)NN(c3ccc(C)c(Cl)c3)C2=O)c1O. The van der Waals surface area contributed by atoms with Gasteiger partial charge in [-0.05, 0) is 36.8 Å². The number of benzene rings is 2. The largest absolute Gasteiger partial charge is 0.504 e. The Kier molecular flexibility index (Phi) is 4.80. The number of phenolic OH excluding ortho intramolecular Hbond substituents is 1. The van der Waals surface area contributed by atoms with Gasteiger partial charge in [0.2, 0.25) is 0 Å². The zero-order valence-corrected chi connectivity index (χ0v) is 15.4. The lowest BCUT2D eigenvalue weighted by atomic mass is 10.1. The minimum absolute atomic E-state index is 0.136. The molecule has 2 amide bonds. The predicted octanol–water partition coefficient (Wildman–Crippen LogP) is 3.48. The van der Waals surface area contributed by atoms with Gasteiger partial charge in [-0.3, -0.25) is 15.0 Å². The summed E-state index contributed by atoms with van der Waals surface area (Å²) in [5, 5.41) is 12.1. The van der Waals surface area contributed by atoms with Gasteiger partial charge in [-0.15, -0.1) is 0 Å². The first kappa shape index (κ1) is 18.1. The van der Waals surface area contributed by atoms with Crippen molar-refractivity contribution in [1.29, 1.82) is 0 Å². The van der Waals surface area contributed by atoms with Crippen molar-refractivity contribution < 1.29 is 19.4 Å². The third-order valence-corrected chi connectivity index (χ3v) is 4.52. The molecular weight excluding hydrogens is 379 g/mol. The molecule has 2 aromatic carbocycles. The molecule has 134 valence electrons. The number of amides is 2. The van der Waals surface area contributed by atoms with Gasteiger partial charge in [0, 0.05) is 21.7 Å². The number of hydrogen-bond donors (Lipinski definition) is 2. The highest BCUT2D eigenvalue weighted by molar-refractivity contribution is 6.34. The summed E-state index contributed by atoms with van der Waals surface area (Å²) in [5.74, 6) is -1.27. The van der Waals surface area contributed by atoms with Gasteiger partial charge in [0.15, 0.2) is 11.5 Å². The summed E-state index contributed by atoms with van der Waals surface area (Å²) in [6, 6.07) is 7.85. The van der Waals surface area contributed by atoms with E-state index in [9.17, 15) is 14.7 Å². The summed E-state index contributed by atoms with van der Waals surface area (Å²) >= 11 is 12.1. The molecule has 1 heterocycles. The van der Waals surface area contributed by atoms with Crippen LogP contribution in [0.3, 0.4) is 0 Å². The maximum atomic E-state index is 12.7. The molecule has 0 unspecified atom stereocenters. The first-order valence-electron chi connectivity index (χ1n) is 7.51. The number of hydrogen-bond acceptors (Lipinski definition) is 4. The number of carbonyl (C=O) groups excluding carboxylic acids is 2. The lowest BCUT2D eigenvalue weighted by Gasteiger charge is -2.15. The minimum atomic E-state index is -0.606. The molecule has 0 spiro atoms. The van der Waals surface area contributed by atoms with E-state index >= 15 is 0 Å². The van der Waals surface area contributed by atoms with Crippen molar-refractivity contribution in [3.63, 3.8) is 0 Å². The van der Waals surface area contributed by atoms with Crippen LogP contribution in [0.2, 0.25) is 10.0 Å². The molecule has 0 aliphatic carbocycles. The van der Waals surface area contributed by atoms with Crippen LogP contribution < -0.4 is 15.2 Å². The second-order valence-electron chi connectivity index (χ2n) is 5.62. The normalized spacial score (nSPS) is 15.5. The molecule has 26 heavy (non-hydrogen) atoms. The highest BCUT2D eigenvalue weighted by Crippen LogP contribution is 2.35. The molecule has 8 heteroatoms. The van der Waals surface area contributed by atoms with E-state index in [1.54, 1.807) is 18.2 Å². The van der Waals surface area contributed by atoms with Crippen LogP contribution in [0, 0.1) is 6.92 Å². The average Bonchev–Trinajstić information content (AvgIpc) is 2.88. The molecule has 1 fully saturated rings. The topological polar surface area (TPSA) is 78.9 Å². The van der Waals surface area contributed by atoms with E-state index < -0.39 is 11.8 Å². The minimum Gasteiger partial charge on any atom is -0.504 e. The zero-order chi connectivity index (χ0) is 19.0. The van der Waals surface area contributed by atoms with Crippen LogP contribution in [-0.4, -0.2) is 24.0 Å². The zero-order valence-electron chi connectivity index (χ0n) is 13.8. The molecule has 1 saturated heterocycles. The third kappa shape index (κ3) is 3.21. The fraction of sp³-hybridized carbons (Fsp3) is 0.111. The van der Waals surface area contributed by atoms with Crippen molar-refractivity contribution >= 4 is 46.8 Å². The number of carbonyl (C=O) groups is 2. The molecular formula is C18H14Cl2N2O4. The fourth-order valence-corrected chi connectivity index (χ4v) is 2.87. The predicted molar refractivity (Wildman–Crippen MR) is 99.5 cm³/mol. The summed E-state index contributed by atoms with van der Waals surface area (Å²) in [5.41, 5.74) is 3.78. The van der Waals surface area contributed by atoms with Crippen LogP contribution in [0.4, 0.5) is 5.69 Å². The number of aryl methyl sites for hydroxylation is 1. The highest BCUT2D eigenvalue weighted by Gasteiger charge is 2.35. The summed E-state index contributed by atoms with van der Waals surface area (Å²) in [4.78, 5) is 24.9. The average molecular weight is 393 g/mol. The lowest BCUT2D eigenvalue weighted by Crippen LogP contribution is -2.35. The highest BCUT2D eigenvalue weighted by atomic mass is 35.5. The number of rotatable bonds is 3. The Morgan fingerprint density at radius 2 is 1.92 bits per heavy atom. The van der Waals surface area contributed by atoms with E-state index in [-0.39, 0.29) is 22.6 Å². The second kappa shape index (κ2) is 6.90. The summed E-state index contributed by atoms with van der Waals surface area (Å²) in [6.07, 6.45) is 1.26. The van der Waals surface area contributed by atoms with Crippen molar-refractivity contribution in [3.05, 3.63) is 57.1 Å². The molecule has 0 saturated carbocycles. The molecule has 0 atom stereocenters. The number of anilines is 1. The molecule has 1 aliphatic rings. The smallest absolute Gasteiger partial charge is 0.282 e. The van der Waals surface area contributed by atoms with Crippen LogP contribution in [0.15, 0.2) is 35.9 Å². The van der Waals surface area contributed by atoms with E-state index in [1.807, 2.05) is 6.92 Å². The van der Waals surface area contributed by atoms with E-state index in [0.29, 0.717) is 15.7 Å². The fourth-order valence-electron chi connectivity index (χ4n) is 2.48. The number of hydrazine groups is 1. The van der Waals surface area contributed by atoms with Crippen molar-refractivity contribution in [2.24, 2.45) is 0 Å². The van der Waals surface area contributed by atoms with Crippen molar-refractivity contribution in [2.75, 3.05) is 12.1 Å². The number of nitrogens with one attached hydrogen (secondary N) is 1. The van der Waals surface area contributed by atoms with Gasteiger partial charge in [-0.1, -0.05) is 29.3 Å². The third-order valence-electron chi connectivity index (χ3n) is 3.89. The Balaban J connectivity index is 2.01. The molecule has 0 radical (unpaired) electrons. The summed E-state index contributed by atoms with van der Waals surface area (Å²) in [7, 11) is 1.37. The maximum absolute atomic E-state index is 12.7. The van der Waals surface area contributed by atoms with Crippen LogP contribution in [0.1, 0.15) is 11.1 Å². The van der Waals surface area contributed by atoms with Crippen molar-refractivity contribution in [3.8, 4) is 11.5 Å². The van der Waals surface area contributed by atoms with Gasteiger partial charge in [0.1, 0.15) is 5.57 Å². The standard InChI is InChI=1S/C18H14Cl2N2O4/c1-9-3-4-12(8-14(9)20)22-18(25)13(17(24)21-22)6-10-5-11(19)7-15(26-2)16(10)23/h3-8,23H,1-2H3,(H,21,24). The van der Waals surface area contributed by atoms with Crippen LogP contribution in [0.25, 0.3) is 6.08 Å². The molecule has 2 N–H and O–H groups in total. The first-order chi connectivity index (χ1) is 12.3. The Morgan fingerprint density at radius 1 is 1.19 bits per heavy atom. The van der Waals surface area contributed by atoms with Gasteiger partial charge in [0.25, 0.3) is 11.8 Å². The molecule has 2 aromatic rings. The number of phenols is 1. The van der Waals surface area contributed by atoms with Gasteiger partial charge >= 0.3 is 0 Å². The first-order valence-corrected chi connectivity index (χ1v) is 8.27.